The number of hydrogen-bond donors (Lipinski definition) is 2. The first-order chi connectivity index (χ1) is 14.4. The number of benzene rings is 1. The third-order valence-corrected chi connectivity index (χ3v) is 5.61. The molecule has 0 bridgehead atoms. The summed E-state index contributed by atoms with van der Waals surface area (Å²) in [4.78, 5) is 4.28. The van der Waals surface area contributed by atoms with Crippen LogP contribution < -0.4 is 10.6 Å². The molecule has 1 heterocycles. The second-order valence-electron chi connectivity index (χ2n) is 7.89. The summed E-state index contributed by atoms with van der Waals surface area (Å²) in [6.07, 6.45) is 6.85. The Bertz CT molecular complexity index is 617. The molecule has 2 aliphatic rings. The lowest BCUT2D eigenvalue weighted by Gasteiger charge is -2.25. The molecule has 0 aromatic heterocycles. The number of aryl methyl sites for hydroxylation is 1. The van der Waals surface area contributed by atoms with Crippen LogP contribution in [0.2, 0.25) is 0 Å². The Kier molecular flexibility index (Phi) is 9.76. The molecule has 0 radical (unpaired) electrons. The summed E-state index contributed by atoms with van der Waals surface area (Å²) in [6.45, 7) is 5.81. The van der Waals surface area contributed by atoms with Crippen LogP contribution in [0.5, 0.6) is 0 Å². The van der Waals surface area contributed by atoms with E-state index in [0.717, 1.165) is 77.8 Å². The number of guanidine groups is 1. The van der Waals surface area contributed by atoms with Gasteiger partial charge in [-0.15, -0.1) is 0 Å². The van der Waals surface area contributed by atoms with Gasteiger partial charge in [0.2, 0.25) is 0 Å². The van der Waals surface area contributed by atoms with Crippen LogP contribution in [0.15, 0.2) is 29.3 Å². The minimum atomic E-state index is 0.258. The van der Waals surface area contributed by atoms with Crippen LogP contribution in [0, 0.1) is 5.92 Å². The van der Waals surface area contributed by atoms with Crippen molar-refractivity contribution in [2.24, 2.45) is 10.9 Å². The quantitative estimate of drug-likeness (QED) is 0.338. The second-order valence-corrected chi connectivity index (χ2v) is 7.89. The van der Waals surface area contributed by atoms with Gasteiger partial charge >= 0.3 is 0 Å². The van der Waals surface area contributed by atoms with Gasteiger partial charge in [0.05, 0.1) is 19.3 Å². The number of rotatable bonds is 11. The highest BCUT2D eigenvalue weighted by atomic mass is 16.5. The summed E-state index contributed by atoms with van der Waals surface area (Å²) in [5.74, 6) is 1.43. The molecule has 162 valence electrons. The minimum Gasteiger partial charge on any atom is -0.381 e. The molecular weight excluding hydrogens is 366 g/mol. The molecule has 0 saturated carbocycles. The highest BCUT2D eigenvalue weighted by Crippen LogP contribution is 2.32. The van der Waals surface area contributed by atoms with Gasteiger partial charge in [0.15, 0.2) is 5.96 Å². The van der Waals surface area contributed by atoms with E-state index < -0.39 is 0 Å². The van der Waals surface area contributed by atoms with Gasteiger partial charge in [-0.2, -0.15) is 0 Å². The molecule has 1 aliphatic carbocycles. The van der Waals surface area contributed by atoms with Gasteiger partial charge in [-0.3, -0.25) is 4.99 Å². The number of nitrogens with zero attached hydrogens (tertiary/aromatic N) is 1. The lowest BCUT2D eigenvalue weighted by molar-refractivity contribution is 0.0398. The fourth-order valence-corrected chi connectivity index (χ4v) is 3.95. The average molecular weight is 404 g/mol. The van der Waals surface area contributed by atoms with Gasteiger partial charge in [-0.1, -0.05) is 24.3 Å². The van der Waals surface area contributed by atoms with Crippen molar-refractivity contribution in [3.63, 3.8) is 0 Å². The fraction of sp³-hybridized carbons (Fsp3) is 0.696. The zero-order valence-corrected chi connectivity index (χ0v) is 17.8. The predicted molar refractivity (Wildman–Crippen MR) is 116 cm³/mol. The Morgan fingerprint density at radius 2 is 1.97 bits per heavy atom. The number of nitrogens with one attached hydrogen (secondary N) is 2. The third kappa shape index (κ3) is 7.61. The number of hydrogen-bond acceptors (Lipinski definition) is 4. The Morgan fingerprint density at radius 3 is 2.76 bits per heavy atom. The molecule has 1 aromatic rings. The van der Waals surface area contributed by atoms with E-state index in [1.54, 1.807) is 7.05 Å². The first-order valence-electron chi connectivity index (χ1n) is 11.2. The van der Waals surface area contributed by atoms with Crippen LogP contribution >= 0.6 is 0 Å². The lowest BCUT2D eigenvalue weighted by Crippen LogP contribution is -2.38. The van der Waals surface area contributed by atoms with E-state index in [4.69, 9.17) is 14.2 Å². The maximum Gasteiger partial charge on any atom is 0.190 e. The number of aliphatic imine (C=N–C) groups is 1. The van der Waals surface area contributed by atoms with E-state index in [2.05, 4.69) is 39.9 Å². The van der Waals surface area contributed by atoms with E-state index in [1.807, 2.05) is 0 Å². The molecule has 0 amide bonds. The van der Waals surface area contributed by atoms with Crippen molar-refractivity contribution in [2.75, 3.05) is 53.2 Å². The average Bonchev–Trinajstić information content (AvgIpc) is 3.28. The predicted octanol–water partition coefficient (Wildman–Crippen LogP) is 3.08. The summed E-state index contributed by atoms with van der Waals surface area (Å²) in [7, 11) is 1.81. The van der Waals surface area contributed by atoms with Gasteiger partial charge < -0.3 is 24.8 Å². The Labute approximate surface area is 175 Å². The second kappa shape index (κ2) is 12.8. The van der Waals surface area contributed by atoms with Crippen LogP contribution in [0.3, 0.4) is 0 Å². The van der Waals surface area contributed by atoms with Crippen LogP contribution in [0.25, 0.3) is 0 Å². The molecule has 1 aromatic carbocycles. The molecule has 1 aliphatic heterocycles. The molecule has 2 atom stereocenters. The van der Waals surface area contributed by atoms with Crippen molar-refractivity contribution in [1.82, 2.24) is 10.6 Å². The SMILES string of the molecule is CN=C(NCCCOCC1CCOC1)NCCCOC1CCCc2ccccc21. The first-order valence-corrected chi connectivity index (χ1v) is 11.2. The summed E-state index contributed by atoms with van der Waals surface area (Å²) >= 11 is 0. The van der Waals surface area contributed by atoms with Crippen molar-refractivity contribution < 1.29 is 14.2 Å². The third-order valence-electron chi connectivity index (χ3n) is 5.61. The molecular formula is C23H37N3O3. The van der Waals surface area contributed by atoms with E-state index in [9.17, 15) is 0 Å². The standard InChI is InChI=1S/C23H37N3O3/c1-24-23(25-12-5-14-27-17-19-11-16-28-18-19)26-13-6-15-29-22-10-4-8-20-7-2-3-9-21(20)22/h2-3,7,9,19,22H,4-6,8,10-18H2,1H3,(H2,24,25,26). The molecule has 6 nitrogen and oxygen atoms in total. The normalized spacial score (nSPS) is 21.8. The zero-order valence-electron chi connectivity index (χ0n) is 17.8. The van der Waals surface area contributed by atoms with Crippen LogP contribution in [0.4, 0.5) is 0 Å². The van der Waals surface area contributed by atoms with Crippen molar-refractivity contribution in [2.45, 2.75) is 44.6 Å². The molecule has 6 heteroatoms. The van der Waals surface area contributed by atoms with Crippen molar-refractivity contribution in [3.05, 3.63) is 35.4 Å². The van der Waals surface area contributed by atoms with E-state index in [0.29, 0.717) is 5.92 Å². The maximum atomic E-state index is 6.17. The highest BCUT2D eigenvalue weighted by Gasteiger charge is 2.19. The minimum absolute atomic E-state index is 0.258. The Balaban J connectivity index is 1.20. The lowest BCUT2D eigenvalue weighted by atomic mass is 9.89. The topological polar surface area (TPSA) is 64.1 Å². The summed E-state index contributed by atoms with van der Waals surface area (Å²) in [6, 6.07) is 8.69. The number of ether oxygens (including phenoxy) is 3. The van der Waals surface area contributed by atoms with Gasteiger partial charge in [0, 0.05) is 45.9 Å². The molecule has 0 spiro atoms. The van der Waals surface area contributed by atoms with Crippen LogP contribution in [-0.2, 0) is 20.6 Å². The van der Waals surface area contributed by atoms with Gasteiger partial charge in [0.1, 0.15) is 0 Å². The summed E-state index contributed by atoms with van der Waals surface area (Å²) < 4.78 is 17.3. The smallest absolute Gasteiger partial charge is 0.190 e. The van der Waals surface area contributed by atoms with Crippen molar-refractivity contribution in [3.8, 4) is 0 Å². The molecule has 1 fully saturated rings. The molecule has 29 heavy (non-hydrogen) atoms. The van der Waals surface area contributed by atoms with E-state index in [-0.39, 0.29) is 6.10 Å². The van der Waals surface area contributed by atoms with Crippen molar-refractivity contribution in [1.29, 1.82) is 0 Å². The first kappa shape index (κ1) is 22.1. The molecule has 1 saturated heterocycles. The van der Waals surface area contributed by atoms with E-state index in [1.165, 1.54) is 24.0 Å². The largest absolute Gasteiger partial charge is 0.381 e. The van der Waals surface area contributed by atoms with Crippen LogP contribution in [-0.4, -0.2) is 59.1 Å². The molecule has 2 unspecified atom stereocenters. The van der Waals surface area contributed by atoms with Crippen molar-refractivity contribution >= 4 is 5.96 Å². The Hall–Kier alpha value is -1.63. The monoisotopic (exact) mass is 403 g/mol. The van der Waals surface area contributed by atoms with Crippen LogP contribution in [0.1, 0.15) is 49.3 Å². The van der Waals surface area contributed by atoms with Gasteiger partial charge in [-0.05, 0) is 49.7 Å². The fourth-order valence-electron chi connectivity index (χ4n) is 3.95. The summed E-state index contributed by atoms with van der Waals surface area (Å²) in [5, 5.41) is 6.71. The number of fused-ring (bicyclic) bond motifs is 1. The summed E-state index contributed by atoms with van der Waals surface area (Å²) in [5.41, 5.74) is 2.83. The Morgan fingerprint density at radius 1 is 1.14 bits per heavy atom. The van der Waals surface area contributed by atoms with Gasteiger partial charge in [-0.25, -0.2) is 0 Å². The molecule has 2 N–H and O–H groups in total. The highest BCUT2D eigenvalue weighted by molar-refractivity contribution is 5.79. The zero-order chi connectivity index (χ0) is 20.2. The van der Waals surface area contributed by atoms with Gasteiger partial charge in [0.25, 0.3) is 0 Å². The van der Waals surface area contributed by atoms with E-state index >= 15 is 0 Å². The molecule has 3 rings (SSSR count). The maximum absolute atomic E-state index is 6.17.